The minimum absolute atomic E-state index is 0.138. The maximum atomic E-state index is 11.2. The summed E-state index contributed by atoms with van der Waals surface area (Å²) in [6.07, 6.45) is 0. The fourth-order valence-electron chi connectivity index (χ4n) is 1.15. The maximum Gasteiger partial charge on any atom is 0.176 e. The average Bonchev–Trinajstić information content (AvgIpc) is 2.06. The number of Topliss-reactive ketones (excluding diaryl/α,β-unsaturated/α-hetero) is 1. The first-order valence-corrected chi connectivity index (χ1v) is 3.49. The molecule has 1 heterocycles. The van der Waals surface area contributed by atoms with Crippen LogP contribution in [0.25, 0.3) is 0 Å². The molecular formula is C9H7NO. The van der Waals surface area contributed by atoms with E-state index >= 15 is 0 Å². The molecule has 2 rings (SSSR count). The van der Waals surface area contributed by atoms with Crippen molar-refractivity contribution in [3.05, 3.63) is 41.9 Å². The molecule has 1 aromatic rings. The average molecular weight is 145 g/mol. The molecule has 0 saturated heterocycles. The second kappa shape index (κ2) is 2.47. The van der Waals surface area contributed by atoms with E-state index < -0.39 is 0 Å². The van der Waals surface area contributed by atoms with Gasteiger partial charge >= 0.3 is 0 Å². The summed E-state index contributed by atoms with van der Waals surface area (Å²) in [4.78, 5) is 11.2. The molecule has 1 N–H and O–H groups in total. The zero-order valence-electron chi connectivity index (χ0n) is 5.92. The van der Waals surface area contributed by atoms with Crippen LogP contribution in [0.3, 0.4) is 0 Å². The number of nitrogens with one attached hydrogen (secondary N) is 1. The van der Waals surface area contributed by atoms with Crippen molar-refractivity contribution in [3.8, 4) is 0 Å². The molecule has 0 spiro atoms. The van der Waals surface area contributed by atoms with Crippen molar-refractivity contribution in [2.75, 3.05) is 6.54 Å². The van der Waals surface area contributed by atoms with Crippen molar-refractivity contribution < 1.29 is 4.79 Å². The maximum absolute atomic E-state index is 11.2. The van der Waals surface area contributed by atoms with Gasteiger partial charge in [-0.25, -0.2) is 0 Å². The molecule has 1 aromatic carbocycles. The van der Waals surface area contributed by atoms with Gasteiger partial charge in [0.05, 0.1) is 13.1 Å². The molecule has 0 atom stereocenters. The van der Waals surface area contributed by atoms with E-state index in [2.05, 4.69) is 11.9 Å². The van der Waals surface area contributed by atoms with Gasteiger partial charge in [-0.15, -0.1) is 0 Å². The number of carbonyl (C=O) groups is 1. The lowest BCUT2D eigenvalue weighted by atomic mass is 10.0. The van der Waals surface area contributed by atoms with Crippen LogP contribution in [0.2, 0.25) is 0 Å². The fraction of sp³-hybridized carbons (Fsp3) is 0.111. The second-order valence-electron chi connectivity index (χ2n) is 2.45. The van der Waals surface area contributed by atoms with Crippen molar-refractivity contribution in [1.29, 1.82) is 0 Å². The van der Waals surface area contributed by atoms with E-state index in [0.29, 0.717) is 6.54 Å². The normalized spacial score (nSPS) is 16.2. The third-order valence-electron chi connectivity index (χ3n) is 1.70. The van der Waals surface area contributed by atoms with Gasteiger partial charge in [0, 0.05) is 5.56 Å². The molecule has 2 heteroatoms. The van der Waals surface area contributed by atoms with Gasteiger partial charge in [-0.1, -0.05) is 24.3 Å². The molecule has 1 aliphatic rings. The van der Waals surface area contributed by atoms with Crippen LogP contribution >= 0.6 is 0 Å². The first-order chi connectivity index (χ1) is 5.38. The third-order valence-corrected chi connectivity index (χ3v) is 1.70. The largest absolute Gasteiger partial charge is 0.296 e. The Hall–Kier alpha value is -1.15. The molecule has 2 nitrogen and oxygen atoms in total. The Morgan fingerprint density at radius 3 is 3.00 bits per heavy atom. The quantitative estimate of drug-likeness (QED) is 0.586. The zero-order chi connectivity index (χ0) is 7.68. The number of hydrogen-bond donors (Lipinski definition) is 1. The minimum Gasteiger partial charge on any atom is -0.296 e. The standard InChI is InChI=1S/C9H7NO/c11-9-6-10-5-7-3-1-2-4-8(7)9/h1-4,10H,6H2. The van der Waals surface area contributed by atoms with Gasteiger partial charge in [0.2, 0.25) is 0 Å². The van der Waals surface area contributed by atoms with Crippen LogP contribution in [0.1, 0.15) is 15.9 Å². The summed E-state index contributed by atoms with van der Waals surface area (Å²) in [5.74, 6) is 0.138. The Labute approximate surface area is 65.2 Å². The predicted octanol–water partition coefficient (Wildman–Crippen LogP) is 0.859. The van der Waals surface area contributed by atoms with E-state index in [9.17, 15) is 4.79 Å². The SMILES string of the molecule is O=C1CN[C]c2ccccc21. The number of rotatable bonds is 0. The number of carbonyl (C=O) groups excluding carboxylic acids is 1. The Morgan fingerprint density at radius 2 is 2.18 bits per heavy atom. The van der Waals surface area contributed by atoms with Crippen LogP contribution in [-0.2, 0) is 0 Å². The van der Waals surface area contributed by atoms with E-state index in [-0.39, 0.29) is 5.78 Å². The van der Waals surface area contributed by atoms with E-state index in [1.54, 1.807) is 0 Å². The Kier molecular flexibility index (Phi) is 1.47. The van der Waals surface area contributed by atoms with Crippen molar-refractivity contribution in [3.63, 3.8) is 0 Å². The Balaban J connectivity index is 2.52. The molecule has 0 saturated carbocycles. The molecule has 0 fully saturated rings. The summed E-state index contributed by atoms with van der Waals surface area (Å²) >= 11 is 0. The van der Waals surface area contributed by atoms with Crippen molar-refractivity contribution in [1.82, 2.24) is 5.32 Å². The lowest BCUT2D eigenvalue weighted by Gasteiger charge is -2.13. The highest BCUT2D eigenvalue weighted by atomic mass is 16.1. The Morgan fingerprint density at radius 1 is 1.36 bits per heavy atom. The summed E-state index contributed by atoms with van der Waals surface area (Å²) in [6.45, 7) is 3.29. The summed E-state index contributed by atoms with van der Waals surface area (Å²) in [6, 6.07) is 7.46. The predicted molar refractivity (Wildman–Crippen MR) is 41.1 cm³/mol. The first kappa shape index (κ1) is 6.55. The van der Waals surface area contributed by atoms with Gasteiger partial charge in [0.15, 0.2) is 5.78 Å². The van der Waals surface area contributed by atoms with Gasteiger partial charge in [-0.05, 0) is 5.56 Å². The van der Waals surface area contributed by atoms with Crippen molar-refractivity contribution in [2.24, 2.45) is 0 Å². The van der Waals surface area contributed by atoms with Gasteiger partial charge in [-0.2, -0.15) is 0 Å². The lowest BCUT2D eigenvalue weighted by molar-refractivity contribution is 0.0988. The topological polar surface area (TPSA) is 29.1 Å². The molecule has 11 heavy (non-hydrogen) atoms. The van der Waals surface area contributed by atoms with Crippen LogP contribution in [0, 0.1) is 6.54 Å². The van der Waals surface area contributed by atoms with Gasteiger partial charge in [0.25, 0.3) is 0 Å². The number of fused-ring (bicyclic) bond motifs is 1. The smallest absolute Gasteiger partial charge is 0.176 e. The molecule has 0 amide bonds. The molecule has 54 valence electrons. The molecular weight excluding hydrogens is 138 g/mol. The second-order valence-corrected chi connectivity index (χ2v) is 2.45. The van der Waals surface area contributed by atoms with Gasteiger partial charge < -0.3 is 0 Å². The summed E-state index contributed by atoms with van der Waals surface area (Å²) in [7, 11) is 0. The van der Waals surface area contributed by atoms with E-state index in [0.717, 1.165) is 11.1 Å². The van der Waals surface area contributed by atoms with E-state index in [1.807, 2.05) is 24.3 Å². The van der Waals surface area contributed by atoms with Crippen LogP contribution in [0.4, 0.5) is 0 Å². The number of benzene rings is 1. The van der Waals surface area contributed by atoms with Crippen LogP contribution in [0.15, 0.2) is 24.3 Å². The highest BCUT2D eigenvalue weighted by Crippen LogP contribution is 2.13. The monoisotopic (exact) mass is 145 g/mol. The highest BCUT2D eigenvalue weighted by Gasteiger charge is 2.15. The molecule has 0 aromatic heterocycles. The molecule has 1 aliphatic heterocycles. The minimum atomic E-state index is 0.138. The number of hydrogen-bond acceptors (Lipinski definition) is 2. The van der Waals surface area contributed by atoms with Crippen LogP contribution in [0.5, 0.6) is 0 Å². The summed E-state index contributed by atoms with van der Waals surface area (Å²) < 4.78 is 0. The summed E-state index contributed by atoms with van der Waals surface area (Å²) in [5, 5.41) is 2.79. The molecule has 0 aliphatic carbocycles. The summed E-state index contributed by atoms with van der Waals surface area (Å²) in [5.41, 5.74) is 1.63. The van der Waals surface area contributed by atoms with Crippen molar-refractivity contribution >= 4 is 5.78 Å². The molecule has 2 radical (unpaired) electrons. The third kappa shape index (κ3) is 1.05. The van der Waals surface area contributed by atoms with E-state index in [4.69, 9.17) is 0 Å². The lowest BCUT2D eigenvalue weighted by Crippen LogP contribution is -2.27. The van der Waals surface area contributed by atoms with Crippen LogP contribution < -0.4 is 5.32 Å². The van der Waals surface area contributed by atoms with Gasteiger partial charge in [0.1, 0.15) is 0 Å². The van der Waals surface area contributed by atoms with Crippen molar-refractivity contribution in [2.45, 2.75) is 0 Å². The fourth-order valence-corrected chi connectivity index (χ4v) is 1.15. The molecule has 0 unspecified atom stereocenters. The van der Waals surface area contributed by atoms with E-state index in [1.165, 1.54) is 0 Å². The molecule has 0 bridgehead atoms. The Bertz CT molecular complexity index is 293. The highest BCUT2D eigenvalue weighted by molar-refractivity contribution is 6.00. The van der Waals surface area contributed by atoms with Crippen LogP contribution in [-0.4, -0.2) is 12.3 Å². The number of ketones is 1. The first-order valence-electron chi connectivity index (χ1n) is 3.49. The van der Waals surface area contributed by atoms with Gasteiger partial charge in [-0.3, -0.25) is 10.1 Å². The zero-order valence-corrected chi connectivity index (χ0v) is 5.92.